The minimum atomic E-state index is -3.10. The Balaban J connectivity index is 1.63. The molecule has 1 amide bonds. The Kier molecular flexibility index (Phi) is 6.56. The van der Waals surface area contributed by atoms with Gasteiger partial charge in [0.1, 0.15) is 24.0 Å². The van der Waals surface area contributed by atoms with Crippen molar-refractivity contribution in [2.45, 2.75) is 26.7 Å². The molecule has 0 aliphatic rings. The number of hydrogen-bond donors (Lipinski definition) is 1. The third-order valence-electron chi connectivity index (χ3n) is 4.77. The zero-order valence-electron chi connectivity index (χ0n) is 17.5. The van der Waals surface area contributed by atoms with E-state index < -0.39 is 9.84 Å². The van der Waals surface area contributed by atoms with Crippen molar-refractivity contribution in [3.63, 3.8) is 0 Å². The summed E-state index contributed by atoms with van der Waals surface area (Å²) in [5.74, 6) is 0.229. The first-order valence-electron chi connectivity index (χ1n) is 9.62. The van der Waals surface area contributed by atoms with Crippen LogP contribution in [0.3, 0.4) is 0 Å². The van der Waals surface area contributed by atoms with Crippen molar-refractivity contribution in [3.05, 3.63) is 53.0 Å². The lowest BCUT2D eigenvalue weighted by atomic mass is 10.1. The fraction of sp³-hybridized carbons (Fsp3) is 0.333. The van der Waals surface area contributed by atoms with Crippen LogP contribution < -0.4 is 10.1 Å². The SMILES string of the molecule is Cc1nc2c(C#N)cnn2c(C)c1CCC(=O)Nc1cccc(OCCS(C)(=O)=O)c1. The van der Waals surface area contributed by atoms with E-state index in [-0.39, 0.29) is 24.7 Å². The molecule has 0 unspecified atom stereocenters. The summed E-state index contributed by atoms with van der Waals surface area (Å²) in [6, 6.07) is 8.88. The Labute approximate surface area is 180 Å². The van der Waals surface area contributed by atoms with Crippen molar-refractivity contribution in [2.24, 2.45) is 0 Å². The van der Waals surface area contributed by atoms with Crippen molar-refractivity contribution < 1.29 is 17.9 Å². The van der Waals surface area contributed by atoms with Gasteiger partial charge >= 0.3 is 0 Å². The Morgan fingerprint density at radius 3 is 2.81 bits per heavy atom. The Morgan fingerprint density at radius 2 is 2.10 bits per heavy atom. The third kappa shape index (κ3) is 5.58. The average Bonchev–Trinajstić information content (AvgIpc) is 3.10. The third-order valence-corrected chi connectivity index (χ3v) is 5.68. The summed E-state index contributed by atoms with van der Waals surface area (Å²) >= 11 is 0. The molecule has 0 aliphatic heterocycles. The fourth-order valence-electron chi connectivity index (χ4n) is 3.19. The van der Waals surface area contributed by atoms with E-state index in [4.69, 9.17) is 10.00 Å². The van der Waals surface area contributed by atoms with Gasteiger partial charge in [0.2, 0.25) is 5.91 Å². The maximum atomic E-state index is 12.5. The first kappa shape index (κ1) is 22.2. The normalized spacial score (nSPS) is 11.3. The number of sulfone groups is 1. The van der Waals surface area contributed by atoms with Gasteiger partial charge in [-0.3, -0.25) is 4.79 Å². The van der Waals surface area contributed by atoms with Crippen LogP contribution in [0.5, 0.6) is 5.75 Å². The predicted octanol–water partition coefficient (Wildman–Crippen LogP) is 2.21. The lowest BCUT2D eigenvalue weighted by Crippen LogP contribution is -2.15. The smallest absolute Gasteiger partial charge is 0.224 e. The van der Waals surface area contributed by atoms with Gasteiger partial charge in [-0.1, -0.05) is 6.07 Å². The lowest BCUT2D eigenvalue weighted by molar-refractivity contribution is -0.116. The molecule has 1 aromatic carbocycles. The summed E-state index contributed by atoms with van der Waals surface area (Å²) in [4.78, 5) is 16.9. The van der Waals surface area contributed by atoms with Crippen LogP contribution in [0.2, 0.25) is 0 Å². The largest absolute Gasteiger partial charge is 0.492 e. The van der Waals surface area contributed by atoms with Crippen LogP contribution in [-0.4, -0.2) is 47.5 Å². The van der Waals surface area contributed by atoms with E-state index >= 15 is 0 Å². The van der Waals surface area contributed by atoms with E-state index in [1.165, 1.54) is 6.20 Å². The monoisotopic (exact) mass is 441 g/mol. The molecule has 3 rings (SSSR count). The second-order valence-corrected chi connectivity index (χ2v) is 9.48. The highest BCUT2D eigenvalue weighted by atomic mass is 32.2. The van der Waals surface area contributed by atoms with E-state index in [1.807, 2.05) is 13.8 Å². The zero-order valence-corrected chi connectivity index (χ0v) is 18.4. The molecule has 0 fully saturated rings. The highest BCUT2D eigenvalue weighted by Gasteiger charge is 2.15. The first-order chi connectivity index (χ1) is 14.7. The highest BCUT2D eigenvalue weighted by Crippen LogP contribution is 2.20. The number of nitriles is 1. The highest BCUT2D eigenvalue weighted by molar-refractivity contribution is 7.90. The van der Waals surface area contributed by atoms with Gasteiger partial charge in [0, 0.05) is 35.8 Å². The molecule has 0 atom stereocenters. The van der Waals surface area contributed by atoms with Gasteiger partial charge in [-0.25, -0.2) is 17.9 Å². The van der Waals surface area contributed by atoms with Gasteiger partial charge in [0.25, 0.3) is 0 Å². The number of nitrogens with one attached hydrogen (secondary N) is 1. The topological polar surface area (TPSA) is 126 Å². The van der Waals surface area contributed by atoms with Gasteiger partial charge in [-0.2, -0.15) is 10.4 Å². The summed E-state index contributed by atoms with van der Waals surface area (Å²) in [6.45, 7) is 3.79. The second kappa shape index (κ2) is 9.14. The maximum Gasteiger partial charge on any atom is 0.224 e. The predicted molar refractivity (Wildman–Crippen MR) is 116 cm³/mol. The van der Waals surface area contributed by atoms with Crippen molar-refractivity contribution >= 4 is 27.1 Å². The molecule has 0 saturated heterocycles. The van der Waals surface area contributed by atoms with Crippen LogP contribution >= 0.6 is 0 Å². The molecule has 3 aromatic rings. The molecule has 0 radical (unpaired) electrons. The van der Waals surface area contributed by atoms with Gasteiger partial charge in [0.05, 0.1) is 11.9 Å². The number of aryl methyl sites for hydroxylation is 2. The Hall–Kier alpha value is -3.45. The van der Waals surface area contributed by atoms with Crippen LogP contribution in [-0.2, 0) is 21.1 Å². The number of aromatic nitrogens is 3. The molecule has 1 N–H and O–H groups in total. The molecule has 162 valence electrons. The summed E-state index contributed by atoms with van der Waals surface area (Å²) in [7, 11) is -3.10. The number of carbonyl (C=O) groups excluding carboxylic acids is 1. The fourth-order valence-corrected chi connectivity index (χ4v) is 3.57. The van der Waals surface area contributed by atoms with Crippen LogP contribution in [0.1, 0.15) is 28.9 Å². The van der Waals surface area contributed by atoms with Crippen molar-refractivity contribution in [1.82, 2.24) is 14.6 Å². The van der Waals surface area contributed by atoms with Crippen molar-refractivity contribution in [3.8, 4) is 11.8 Å². The quantitative estimate of drug-likeness (QED) is 0.568. The van der Waals surface area contributed by atoms with E-state index in [1.54, 1.807) is 28.8 Å². The number of nitrogens with zero attached hydrogens (tertiary/aromatic N) is 4. The number of fused-ring (bicyclic) bond motifs is 1. The first-order valence-corrected chi connectivity index (χ1v) is 11.7. The van der Waals surface area contributed by atoms with Crippen molar-refractivity contribution in [1.29, 1.82) is 5.26 Å². The number of hydrogen-bond acceptors (Lipinski definition) is 7. The molecule has 10 heteroatoms. The number of anilines is 1. The average molecular weight is 442 g/mol. The van der Waals surface area contributed by atoms with Crippen LogP contribution in [0.25, 0.3) is 5.65 Å². The molecule has 0 saturated carbocycles. The second-order valence-electron chi connectivity index (χ2n) is 7.22. The van der Waals surface area contributed by atoms with Gasteiger partial charge in [0.15, 0.2) is 15.5 Å². The maximum absolute atomic E-state index is 12.5. The molecule has 0 aliphatic carbocycles. The molecular formula is C21H23N5O4S. The molecule has 2 aromatic heterocycles. The number of amides is 1. The summed E-state index contributed by atoms with van der Waals surface area (Å²) in [5.41, 5.74) is 4.00. The standard InChI is InChI=1S/C21H23N5O4S/c1-14-19(15(2)26-21(24-14)16(12-22)13-23-26)7-8-20(27)25-17-5-4-6-18(11-17)30-9-10-31(3,28)29/h4-6,11,13H,7-10H2,1-3H3,(H,25,27). The van der Waals surface area contributed by atoms with Crippen LogP contribution in [0.4, 0.5) is 5.69 Å². The molecule has 2 heterocycles. The molecule has 9 nitrogen and oxygen atoms in total. The zero-order chi connectivity index (χ0) is 22.6. The minimum absolute atomic E-state index is 0.0468. The Morgan fingerprint density at radius 1 is 1.32 bits per heavy atom. The summed E-state index contributed by atoms with van der Waals surface area (Å²) < 4.78 is 29.5. The van der Waals surface area contributed by atoms with Crippen LogP contribution in [0.15, 0.2) is 30.5 Å². The molecule has 31 heavy (non-hydrogen) atoms. The van der Waals surface area contributed by atoms with E-state index in [0.717, 1.165) is 23.2 Å². The number of benzene rings is 1. The number of carbonyl (C=O) groups is 1. The van der Waals surface area contributed by atoms with E-state index in [9.17, 15) is 13.2 Å². The summed E-state index contributed by atoms with van der Waals surface area (Å²) in [5, 5.41) is 16.2. The Bertz CT molecular complexity index is 1270. The molecular weight excluding hydrogens is 418 g/mol. The molecule has 0 bridgehead atoms. The lowest BCUT2D eigenvalue weighted by Gasteiger charge is -2.12. The number of rotatable bonds is 8. The number of ether oxygens (including phenoxy) is 1. The van der Waals surface area contributed by atoms with E-state index in [0.29, 0.717) is 29.1 Å². The van der Waals surface area contributed by atoms with Crippen LogP contribution in [0, 0.1) is 25.2 Å². The van der Waals surface area contributed by atoms with Crippen molar-refractivity contribution in [2.75, 3.05) is 23.9 Å². The van der Waals surface area contributed by atoms with E-state index in [2.05, 4.69) is 21.5 Å². The molecule has 0 spiro atoms. The van der Waals surface area contributed by atoms with Gasteiger partial charge in [-0.05, 0) is 38.0 Å². The van der Waals surface area contributed by atoms with Gasteiger partial charge in [-0.15, -0.1) is 0 Å². The minimum Gasteiger partial charge on any atom is -0.492 e. The summed E-state index contributed by atoms with van der Waals surface area (Å²) in [6.07, 6.45) is 3.34. The van der Waals surface area contributed by atoms with Gasteiger partial charge < -0.3 is 10.1 Å².